The molecule has 0 heterocycles. The largest absolute Gasteiger partial charge is 4.00 e. The summed E-state index contributed by atoms with van der Waals surface area (Å²) >= 11 is 0. The topological polar surface area (TPSA) is 52.6 Å². The van der Waals surface area contributed by atoms with Crippen LogP contribution in [0.4, 0.5) is 0 Å². The second-order valence-electron chi connectivity index (χ2n) is 19.4. The number of aliphatic imine (C=N–C) groups is 1. The van der Waals surface area contributed by atoms with E-state index in [9.17, 15) is 0 Å². The molecule has 83 heavy (non-hydrogen) atoms. The van der Waals surface area contributed by atoms with Crippen LogP contribution in [0.1, 0.15) is 101 Å². The van der Waals surface area contributed by atoms with Crippen molar-refractivity contribution in [2.24, 2.45) is 4.99 Å². The van der Waals surface area contributed by atoms with Crippen molar-refractivity contribution in [3.05, 3.63) is 371 Å². The third-order valence-electron chi connectivity index (χ3n) is 9.97. The zero-order valence-corrected chi connectivity index (χ0v) is 59.2. The Balaban J connectivity index is 0. The second-order valence-corrected chi connectivity index (χ2v) is 21.5. The van der Waals surface area contributed by atoms with Gasteiger partial charge < -0.3 is 16.0 Å². The quantitative estimate of drug-likeness (QED) is 0.0506. The Kier molecular flexibility index (Phi) is 48.6. The Morgan fingerprint density at radius 3 is 0.639 bits per heavy atom. The van der Waals surface area contributed by atoms with Gasteiger partial charge in [-0.2, -0.15) is 172 Å². The Morgan fingerprint density at radius 2 is 0.506 bits per heavy atom. The molecule has 9 aromatic rings. The van der Waals surface area contributed by atoms with E-state index in [0.717, 1.165) is 44.5 Å². The Morgan fingerprint density at radius 1 is 0.325 bits per heavy atom. The maximum Gasteiger partial charge on any atom is 4.00 e. The van der Waals surface area contributed by atoms with Gasteiger partial charge in [-0.1, -0.05) is 131 Å². The van der Waals surface area contributed by atoms with Gasteiger partial charge in [-0.15, -0.1) is 104 Å². The van der Waals surface area contributed by atoms with Crippen molar-refractivity contribution >= 4 is 24.1 Å². The predicted octanol–water partition coefficient (Wildman–Crippen LogP) is 19.9. The van der Waals surface area contributed by atoms with Gasteiger partial charge in [0.05, 0.1) is 0 Å². The third kappa shape index (κ3) is 46.8. The van der Waals surface area contributed by atoms with Crippen LogP contribution in [0.15, 0.2) is 278 Å². The Hall–Kier alpha value is -6.37. The van der Waals surface area contributed by atoms with Gasteiger partial charge in [-0.25, -0.2) is 6.17 Å². The molecule has 0 amide bonds. The van der Waals surface area contributed by atoms with Gasteiger partial charge in [0.15, 0.2) is 0 Å². The molecule has 0 aliphatic carbocycles. The molecule has 0 saturated carbocycles. The molecule has 0 aromatic heterocycles. The molecule has 0 spiro atoms. The van der Waals surface area contributed by atoms with Crippen LogP contribution in [-0.4, -0.2) is 35.9 Å². The van der Waals surface area contributed by atoms with Crippen LogP contribution in [0, 0.1) is 48.5 Å². The van der Waals surface area contributed by atoms with Crippen molar-refractivity contribution in [1.29, 1.82) is 0 Å². The minimum atomic E-state index is -0.640. The first kappa shape index (κ1) is 78.7. The molecule has 0 atom stereocenters. The zero-order chi connectivity index (χ0) is 59.9. The predicted molar refractivity (Wildman–Crippen MR) is 363 cm³/mol. The molecule has 0 fully saturated rings. The summed E-state index contributed by atoms with van der Waals surface area (Å²) in [7, 11) is -0.640. The van der Waals surface area contributed by atoms with Gasteiger partial charge >= 0.3 is 25.8 Å². The van der Waals surface area contributed by atoms with Crippen LogP contribution in [0.3, 0.4) is 0 Å². The number of hydrogen-bond acceptors (Lipinski definition) is 1. The Labute approximate surface area is 545 Å². The summed E-state index contributed by atoms with van der Waals surface area (Å²) in [6.07, 6.45) is 0.167. The van der Waals surface area contributed by atoms with E-state index >= 15 is 0 Å². The fraction of sp³-hybridized carbons (Fsp3) is 0.184. The van der Waals surface area contributed by atoms with Gasteiger partial charge in [0.25, 0.3) is 0 Å². The summed E-state index contributed by atoms with van der Waals surface area (Å²) in [4.78, 5) is 4.90. The van der Waals surface area contributed by atoms with Crippen molar-refractivity contribution in [3.63, 3.8) is 0 Å². The van der Waals surface area contributed by atoms with Crippen LogP contribution in [0.25, 0.3) is 10.6 Å². The monoisotopic (exact) mass is 1450 g/mol. The molecule has 434 valence electrons. The molecular formula is C76H92Hf2N4P-5. The summed E-state index contributed by atoms with van der Waals surface area (Å²) in [5, 5.41) is 14.9. The van der Waals surface area contributed by atoms with E-state index in [-0.39, 0.29) is 63.9 Å². The fourth-order valence-electron chi connectivity index (χ4n) is 6.46. The smallest absolute Gasteiger partial charge is 0.676 e. The molecule has 7 heteroatoms. The van der Waals surface area contributed by atoms with E-state index in [4.69, 9.17) is 4.99 Å². The molecule has 4 nitrogen and oxygen atoms in total. The molecule has 0 unspecified atom stereocenters. The molecule has 0 aliphatic rings. The summed E-state index contributed by atoms with van der Waals surface area (Å²) < 4.78 is 0. The zero-order valence-electron chi connectivity index (χ0n) is 51.1. The average Bonchev–Trinajstić information content (AvgIpc) is 3.47. The van der Waals surface area contributed by atoms with Gasteiger partial charge in [0, 0.05) is 45.8 Å². The molecule has 0 saturated heterocycles. The number of hydrogen-bond donors (Lipinski definition) is 1. The summed E-state index contributed by atoms with van der Waals surface area (Å²) in [6.45, 7) is 45.0. The molecular weight excluding hydrogens is 1360 g/mol. The van der Waals surface area contributed by atoms with Crippen molar-refractivity contribution in [2.45, 2.75) is 92.6 Å². The number of amidine groups is 1. The Bertz CT molecular complexity index is 2370. The minimum Gasteiger partial charge on any atom is -0.676 e. The first-order valence-electron chi connectivity index (χ1n) is 27.6. The van der Waals surface area contributed by atoms with Crippen molar-refractivity contribution < 1.29 is 51.7 Å². The maximum atomic E-state index is 4.90. The van der Waals surface area contributed by atoms with E-state index in [1.165, 1.54) is 10.6 Å². The van der Waals surface area contributed by atoms with E-state index in [1.54, 1.807) is 0 Å². The second kappa shape index (κ2) is 51.3. The van der Waals surface area contributed by atoms with Gasteiger partial charge in [0.1, 0.15) is 5.58 Å². The number of rotatable bonds is 9. The normalized spacial score (nSPS) is 9.75. The molecule has 0 bridgehead atoms. The van der Waals surface area contributed by atoms with Crippen LogP contribution >= 0.6 is 7.92 Å². The van der Waals surface area contributed by atoms with Crippen LogP contribution in [0.2, 0.25) is 0 Å². The molecule has 1 N–H and O–H groups in total. The van der Waals surface area contributed by atoms with E-state index in [2.05, 4.69) is 180 Å². The van der Waals surface area contributed by atoms with Gasteiger partial charge in [-0.05, 0) is 38.3 Å². The summed E-state index contributed by atoms with van der Waals surface area (Å²) in [5.41, 5.74) is 8.61. The average molecular weight is 1450 g/mol. The minimum absolute atomic E-state index is 0. The SMILES string of the molecule is CC(C)N=C(NC(C)C)P(c1ccccc1)c1ccccc1.CC(C)[N-]C(C)[N-]C(C)C.[CH2-]c1ccccc1.[CH2-]c1ccccc1.[CH2-]c1ccccc1.[CH2-]c1ccccc1.[CH2-]c1ccccc1.[CH2-]c1ccccc1.[CH2-]c1ccccc1.[Hf+4].[Hf]. The third-order valence-corrected chi connectivity index (χ3v) is 12.3. The standard InChI is InChI=1S/C19H25N2P.C8H18N2.7C7H7.2Hf/c1-15(2)20-19(21-16(3)4)22(17-11-7-5-8-12-17)18-13-9-6-10-14-18;1-6(2)9-8(5)10-7(3)4;7*1-7-5-3-2-4-6-7;;/h5-16H,1-4H3,(H,20,21);6-8H,1-5H3;7*2-6H,1H2;;/q;-2;7*-1;;+4. The number of benzene rings is 9. The summed E-state index contributed by atoms with van der Waals surface area (Å²) in [6, 6.07) is 91.9. The van der Waals surface area contributed by atoms with Gasteiger partial charge in [-0.3, -0.25) is 4.99 Å². The van der Waals surface area contributed by atoms with E-state index < -0.39 is 7.92 Å². The fourth-order valence-corrected chi connectivity index (χ4v) is 8.92. The molecule has 9 aromatic carbocycles. The number of nitrogens with one attached hydrogen (secondary N) is 1. The van der Waals surface area contributed by atoms with E-state index in [0.29, 0.717) is 18.1 Å². The van der Waals surface area contributed by atoms with Crippen molar-refractivity contribution in [3.8, 4) is 0 Å². The van der Waals surface area contributed by atoms with Crippen LogP contribution < -0.4 is 15.9 Å². The van der Waals surface area contributed by atoms with Gasteiger partial charge in [0.2, 0.25) is 0 Å². The maximum absolute atomic E-state index is 4.90. The first-order valence-corrected chi connectivity index (χ1v) is 28.9. The number of nitrogens with zero attached hydrogens (tertiary/aromatic N) is 3. The van der Waals surface area contributed by atoms with Crippen molar-refractivity contribution in [1.82, 2.24) is 5.32 Å². The van der Waals surface area contributed by atoms with Crippen molar-refractivity contribution in [2.75, 3.05) is 0 Å². The van der Waals surface area contributed by atoms with E-state index in [1.807, 2.05) is 219 Å². The van der Waals surface area contributed by atoms with Crippen LogP contribution in [-0.2, 0) is 51.7 Å². The summed E-state index contributed by atoms with van der Waals surface area (Å²) in [5.74, 6) is 0. The molecule has 0 radical (unpaired) electrons. The van der Waals surface area contributed by atoms with Crippen LogP contribution in [0.5, 0.6) is 0 Å². The molecule has 9 rings (SSSR count). The first-order chi connectivity index (χ1) is 38.9. The molecule has 0 aliphatic heterocycles.